The average molecular weight is 416 g/mol. The van der Waals surface area contributed by atoms with Gasteiger partial charge in [-0.15, -0.1) is 0 Å². The molecule has 160 valence electrons. The maximum Gasteiger partial charge on any atom is 0.195 e. The number of likely N-dealkylation sites (tertiary alicyclic amines) is 1. The smallest absolute Gasteiger partial charge is 0.195 e. The van der Waals surface area contributed by atoms with E-state index in [9.17, 15) is 0 Å². The molecule has 2 aliphatic rings. The predicted octanol–water partition coefficient (Wildman–Crippen LogP) is 4.46. The number of rotatable bonds is 4. The third kappa shape index (κ3) is 3.88. The van der Waals surface area contributed by atoms with E-state index in [2.05, 4.69) is 63.8 Å². The largest absolute Gasteiger partial charge is 0.484 e. The van der Waals surface area contributed by atoms with Crippen molar-refractivity contribution in [3.63, 3.8) is 0 Å². The fourth-order valence-corrected chi connectivity index (χ4v) is 5.04. The molecule has 31 heavy (non-hydrogen) atoms. The molecule has 1 aromatic carbocycles. The molecule has 5 rings (SSSR count). The van der Waals surface area contributed by atoms with Crippen molar-refractivity contribution in [3.8, 4) is 0 Å². The summed E-state index contributed by atoms with van der Waals surface area (Å²) in [5, 5.41) is 4.94. The minimum absolute atomic E-state index is 0.0659. The van der Waals surface area contributed by atoms with Gasteiger partial charge in [-0.2, -0.15) is 5.10 Å². The summed E-state index contributed by atoms with van der Waals surface area (Å²) in [4.78, 5) is 11.7. The quantitative estimate of drug-likeness (QED) is 0.631. The Morgan fingerprint density at radius 3 is 2.87 bits per heavy atom. The Balaban J connectivity index is 1.45. The van der Waals surface area contributed by atoms with Gasteiger partial charge in [-0.1, -0.05) is 36.4 Å². The number of allylic oxidation sites excluding steroid dienone is 1. The first-order chi connectivity index (χ1) is 15.2. The summed E-state index contributed by atoms with van der Waals surface area (Å²) >= 11 is 0. The molecule has 2 aromatic heterocycles. The molecule has 4 heterocycles. The second-order valence-corrected chi connectivity index (χ2v) is 8.51. The van der Waals surface area contributed by atoms with E-state index >= 15 is 0 Å². The lowest BCUT2D eigenvalue weighted by atomic mass is 9.93. The molecule has 3 aromatic rings. The molecule has 0 aliphatic carbocycles. The highest BCUT2D eigenvalue weighted by Crippen LogP contribution is 2.33. The Morgan fingerprint density at radius 2 is 2.03 bits per heavy atom. The number of piperidine rings is 1. The third-order valence-corrected chi connectivity index (χ3v) is 6.48. The van der Waals surface area contributed by atoms with Crippen LogP contribution in [0.3, 0.4) is 0 Å². The van der Waals surface area contributed by atoms with Gasteiger partial charge in [0.2, 0.25) is 0 Å². The zero-order valence-electron chi connectivity index (χ0n) is 18.2. The second kappa shape index (κ2) is 8.63. The first-order valence-electron chi connectivity index (χ1n) is 11.1. The van der Waals surface area contributed by atoms with E-state index < -0.39 is 0 Å². The van der Waals surface area contributed by atoms with Gasteiger partial charge < -0.3 is 4.74 Å². The molecule has 0 bridgehead atoms. The van der Waals surface area contributed by atoms with Crippen molar-refractivity contribution in [1.82, 2.24) is 19.5 Å². The molecule has 0 amide bonds. The number of methoxy groups -OCH3 is 1. The van der Waals surface area contributed by atoms with Crippen molar-refractivity contribution in [3.05, 3.63) is 77.4 Å². The fourth-order valence-electron chi connectivity index (χ4n) is 5.04. The summed E-state index contributed by atoms with van der Waals surface area (Å²) in [5.74, 6) is 1.24. The van der Waals surface area contributed by atoms with Crippen molar-refractivity contribution >= 4 is 11.5 Å². The third-order valence-electron chi connectivity index (χ3n) is 6.48. The molecule has 0 radical (unpaired) electrons. The van der Waals surface area contributed by atoms with Crippen LogP contribution in [-0.2, 0) is 11.3 Å². The first-order valence-corrected chi connectivity index (χ1v) is 11.1. The van der Waals surface area contributed by atoms with Crippen LogP contribution < -0.4 is 0 Å². The van der Waals surface area contributed by atoms with Gasteiger partial charge in [0.25, 0.3) is 0 Å². The molecule has 6 nitrogen and oxygen atoms in total. The number of fused-ring (bicyclic) bond motifs is 1. The Labute approximate surface area is 183 Å². The van der Waals surface area contributed by atoms with E-state index in [0.29, 0.717) is 5.92 Å². The van der Waals surface area contributed by atoms with E-state index in [1.165, 1.54) is 24.1 Å². The number of aryl methyl sites for hydroxylation is 1. The molecular formula is C25H29N5O. The highest BCUT2D eigenvalue weighted by molar-refractivity contribution is 5.87. The van der Waals surface area contributed by atoms with Crippen LogP contribution in [0.4, 0.5) is 0 Å². The number of ether oxygens (including phenoxy) is 1. The summed E-state index contributed by atoms with van der Waals surface area (Å²) < 4.78 is 7.65. The molecule has 0 saturated carbocycles. The highest BCUT2D eigenvalue weighted by Gasteiger charge is 2.29. The predicted molar refractivity (Wildman–Crippen MR) is 122 cm³/mol. The SMILES string of the molecule is COC1=NC=CCC1c1c(C)nn2c(C3CCCN(Cc4ccccc4)C3)ccnc12. The molecule has 0 N–H and O–H groups in total. The molecule has 1 fully saturated rings. The van der Waals surface area contributed by atoms with Gasteiger partial charge in [-0.3, -0.25) is 4.90 Å². The molecule has 2 aliphatic heterocycles. The molecule has 2 unspecified atom stereocenters. The van der Waals surface area contributed by atoms with Gasteiger partial charge in [-0.05, 0) is 44.4 Å². The highest BCUT2D eigenvalue weighted by atomic mass is 16.5. The topological polar surface area (TPSA) is 55.0 Å². The average Bonchev–Trinajstić information content (AvgIpc) is 3.15. The molecular weight excluding hydrogens is 386 g/mol. The summed E-state index contributed by atoms with van der Waals surface area (Å²) in [6, 6.07) is 12.9. The first kappa shape index (κ1) is 19.9. The summed E-state index contributed by atoms with van der Waals surface area (Å²) in [6.45, 7) is 5.25. The lowest BCUT2D eigenvalue weighted by molar-refractivity contribution is 0.197. The van der Waals surface area contributed by atoms with Crippen molar-refractivity contribution in [1.29, 1.82) is 0 Å². The standard InChI is InChI=1S/C25H29N5O/c1-18-23(21-11-6-13-27-25(21)31-2)24-26-14-12-22(30(24)28-18)20-10-7-15-29(17-20)16-19-8-4-3-5-9-19/h3-6,8-9,12-14,20-21H,7,10-11,15-17H2,1-2H3. The minimum Gasteiger partial charge on any atom is -0.484 e. The maximum atomic E-state index is 5.58. The van der Waals surface area contributed by atoms with E-state index in [-0.39, 0.29) is 5.92 Å². The van der Waals surface area contributed by atoms with Crippen LogP contribution in [0.25, 0.3) is 5.65 Å². The molecule has 1 saturated heterocycles. The van der Waals surface area contributed by atoms with Crippen LogP contribution >= 0.6 is 0 Å². The number of aliphatic imine (C=N–C) groups is 1. The summed E-state index contributed by atoms with van der Waals surface area (Å²) in [5.41, 5.74) is 5.68. The number of hydrogen-bond acceptors (Lipinski definition) is 5. The fraction of sp³-hybridized carbons (Fsp3) is 0.400. The normalized spacial score (nSPS) is 21.9. The number of hydrogen-bond donors (Lipinski definition) is 0. The molecule has 0 spiro atoms. The van der Waals surface area contributed by atoms with E-state index in [0.717, 1.165) is 48.9 Å². The van der Waals surface area contributed by atoms with Gasteiger partial charge >= 0.3 is 0 Å². The van der Waals surface area contributed by atoms with Crippen LogP contribution in [0.2, 0.25) is 0 Å². The minimum atomic E-state index is 0.0659. The lowest BCUT2D eigenvalue weighted by Gasteiger charge is -2.33. The second-order valence-electron chi connectivity index (χ2n) is 8.51. The van der Waals surface area contributed by atoms with Crippen LogP contribution in [0.15, 0.2) is 59.9 Å². The van der Waals surface area contributed by atoms with E-state index in [4.69, 9.17) is 14.8 Å². The van der Waals surface area contributed by atoms with E-state index in [1.807, 2.05) is 12.4 Å². The Morgan fingerprint density at radius 1 is 1.16 bits per heavy atom. The Kier molecular flexibility index (Phi) is 5.55. The summed E-state index contributed by atoms with van der Waals surface area (Å²) in [7, 11) is 1.69. The van der Waals surface area contributed by atoms with Gasteiger partial charge in [0, 0.05) is 37.0 Å². The Hall–Kier alpha value is -2.99. The Bertz CT molecular complexity index is 1120. The van der Waals surface area contributed by atoms with Gasteiger partial charge in [0.05, 0.1) is 24.4 Å². The zero-order valence-corrected chi connectivity index (χ0v) is 18.2. The van der Waals surface area contributed by atoms with Crippen LogP contribution in [0.1, 0.15) is 53.6 Å². The van der Waals surface area contributed by atoms with Crippen molar-refractivity contribution in [2.24, 2.45) is 4.99 Å². The number of benzene rings is 1. The summed E-state index contributed by atoms with van der Waals surface area (Å²) in [6.07, 6.45) is 9.07. The van der Waals surface area contributed by atoms with Gasteiger partial charge in [0.1, 0.15) is 0 Å². The van der Waals surface area contributed by atoms with Crippen molar-refractivity contribution in [2.75, 3.05) is 20.2 Å². The maximum absolute atomic E-state index is 5.58. The molecule has 6 heteroatoms. The number of nitrogens with zero attached hydrogens (tertiary/aromatic N) is 5. The zero-order chi connectivity index (χ0) is 21.2. The van der Waals surface area contributed by atoms with Gasteiger partial charge in [0.15, 0.2) is 11.5 Å². The van der Waals surface area contributed by atoms with Crippen LogP contribution in [0.5, 0.6) is 0 Å². The monoisotopic (exact) mass is 415 g/mol. The van der Waals surface area contributed by atoms with Crippen molar-refractivity contribution in [2.45, 2.75) is 44.6 Å². The number of aromatic nitrogens is 3. The van der Waals surface area contributed by atoms with Gasteiger partial charge in [-0.25, -0.2) is 14.5 Å². The molecule has 2 atom stereocenters. The lowest BCUT2D eigenvalue weighted by Crippen LogP contribution is -2.34. The van der Waals surface area contributed by atoms with Crippen LogP contribution in [-0.4, -0.2) is 45.6 Å². The van der Waals surface area contributed by atoms with Crippen molar-refractivity contribution < 1.29 is 4.74 Å². The van der Waals surface area contributed by atoms with E-state index in [1.54, 1.807) is 7.11 Å². The van der Waals surface area contributed by atoms with Crippen LogP contribution in [0, 0.1) is 6.92 Å².